The van der Waals surface area contributed by atoms with Crippen molar-refractivity contribution in [2.45, 2.75) is 6.42 Å². The summed E-state index contributed by atoms with van der Waals surface area (Å²) in [4.78, 5) is 18.9. The standard InChI is InChI=1S/C13H13ClN2OS/c1-16(7-5-11-3-2-8-18-11)13(17)10-4-6-15-12(14)9-10/h2-4,6,8-9H,5,7H2,1H3. The lowest BCUT2D eigenvalue weighted by atomic mass is 10.2. The number of carbonyl (C=O) groups is 1. The molecule has 94 valence electrons. The average Bonchev–Trinajstić information content (AvgIpc) is 2.88. The number of hydrogen-bond donors (Lipinski definition) is 0. The van der Waals surface area contributed by atoms with Crippen LogP contribution in [-0.4, -0.2) is 29.4 Å². The van der Waals surface area contributed by atoms with Gasteiger partial charge < -0.3 is 4.90 Å². The summed E-state index contributed by atoms with van der Waals surface area (Å²) in [6, 6.07) is 7.36. The van der Waals surface area contributed by atoms with Crippen molar-refractivity contribution < 1.29 is 4.79 Å². The van der Waals surface area contributed by atoms with Crippen molar-refractivity contribution in [3.8, 4) is 0 Å². The summed E-state index contributed by atoms with van der Waals surface area (Å²) in [7, 11) is 1.80. The minimum absolute atomic E-state index is 0.0316. The number of rotatable bonds is 4. The van der Waals surface area contributed by atoms with Gasteiger partial charge in [0.1, 0.15) is 5.15 Å². The van der Waals surface area contributed by atoms with Crippen molar-refractivity contribution in [2.24, 2.45) is 0 Å². The maximum Gasteiger partial charge on any atom is 0.253 e. The lowest BCUT2D eigenvalue weighted by Gasteiger charge is -2.16. The third-order valence-corrected chi connectivity index (χ3v) is 3.74. The molecular weight excluding hydrogens is 268 g/mol. The van der Waals surface area contributed by atoms with Gasteiger partial charge >= 0.3 is 0 Å². The second-order valence-electron chi connectivity index (χ2n) is 3.92. The quantitative estimate of drug-likeness (QED) is 0.806. The molecule has 0 spiro atoms. The Balaban J connectivity index is 1.96. The number of thiophene rings is 1. The summed E-state index contributed by atoms with van der Waals surface area (Å²) in [5.74, 6) is -0.0316. The van der Waals surface area contributed by atoms with Crippen molar-refractivity contribution in [1.29, 1.82) is 0 Å². The van der Waals surface area contributed by atoms with Crippen molar-refractivity contribution in [3.05, 3.63) is 51.4 Å². The number of likely N-dealkylation sites (N-methyl/N-ethyl adjacent to an activating group) is 1. The lowest BCUT2D eigenvalue weighted by molar-refractivity contribution is 0.0796. The molecule has 0 radical (unpaired) electrons. The van der Waals surface area contributed by atoms with Crippen molar-refractivity contribution in [2.75, 3.05) is 13.6 Å². The third-order valence-electron chi connectivity index (χ3n) is 2.59. The van der Waals surface area contributed by atoms with Crippen LogP contribution < -0.4 is 0 Å². The van der Waals surface area contributed by atoms with Crippen LogP contribution in [0.2, 0.25) is 5.15 Å². The molecule has 0 fully saturated rings. The maximum atomic E-state index is 12.1. The first kappa shape index (κ1) is 13.1. The van der Waals surface area contributed by atoms with Gasteiger partial charge in [-0.05, 0) is 30.0 Å². The van der Waals surface area contributed by atoms with Gasteiger partial charge in [0.15, 0.2) is 0 Å². The Kier molecular flexibility index (Phi) is 4.33. The van der Waals surface area contributed by atoms with Gasteiger partial charge in [-0.1, -0.05) is 17.7 Å². The van der Waals surface area contributed by atoms with E-state index in [9.17, 15) is 4.79 Å². The molecule has 0 aromatic carbocycles. The first-order valence-corrected chi connectivity index (χ1v) is 6.82. The fourth-order valence-corrected chi connectivity index (χ4v) is 2.46. The first-order chi connectivity index (χ1) is 8.66. The van der Waals surface area contributed by atoms with Gasteiger partial charge in [0.2, 0.25) is 0 Å². The van der Waals surface area contributed by atoms with Crippen molar-refractivity contribution in [3.63, 3.8) is 0 Å². The molecule has 0 saturated heterocycles. The zero-order valence-electron chi connectivity index (χ0n) is 9.97. The van der Waals surface area contributed by atoms with Crippen LogP contribution in [0.1, 0.15) is 15.2 Å². The van der Waals surface area contributed by atoms with Gasteiger partial charge in [-0.25, -0.2) is 4.98 Å². The summed E-state index contributed by atoms with van der Waals surface area (Å²) in [5.41, 5.74) is 0.573. The van der Waals surface area contributed by atoms with E-state index in [1.807, 2.05) is 11.4 Å². The normalized spacial score (nSPS) is 10.3. The van der Waals surface area contributed by atoms with E-state index in [0.29, 0.717) is 17.3 Å². The summed E-state index contributed by atoms with van der Waals surface area (Å²) < 4.78 is 0. The largest absolute Gasteiger partial charge is 0.341 e. The number of amides is 1. The first-order valence-electron chi connectivity index (χ1n) is 5.56. The van der Waals surface area contributed by atoms with Crippen LogP contribution in [0, 0.1) is 0 Å². The Bertz CT molecular complexity index is 528. The number of nitrogens with zero attached hydrogens (tertiary/aromatic N) is 2. The van der Waals surface area contributed by atoms with Crippen LogP contribution in [0.15, 0.2) is 35.8 Å². The molecule has 2 aromatic heterocycles. The van der Waals surface area contributed by atoms with E-state index in [4.69, 9.17) is 11.6 Å². The molecule has 2 heterocycles. The Morgan fingerprint density at radius 2 is 2.33 bits per heavy atom. The topological polar surface area (TPSA) is 33.2 Å². The Morgan fingerprint density at radius 1 is 1.50 bits per heavy atom. The monoisotopic (exact) mass is 280 g/mol. The predicted octanol–water partition coefficient (Wildman–Crippen LogP) is 3.11. The average molecular weight is 281 g/mol. The number of carbonyl (C=O) groups excluding carboxylic acids is 1. The maximum absolute atomic E-state index is 12.1. The van der Waals surface area contributed by atoms with E-state index < -0.39 is 0 Å². The fraction of sp³-hybridized carbons (Fsp3) is 0.231. The van der Waals surface area contributed by atoms with E-state index in [1.54, 1.807) is 41.6 Å². The van der Waals surface area contributed by atoms with Gasteiger partial charge in [0, 0.05) is 30.2 Å². The van der Waals surface area contributed by atoms with Crippen LogP contribution in [0.5, 0.6) is 0 Å². The predicted molar refractivity (Wildman–Crippen MR) is 74.2 cm³/mol. The zero-order valence-corrected chi connectivity index (χ0v) is 11.5. The number of hydrogen-bond acceptors (Lipinski definition) is 3. The Hall–Kier alpha value is -1.39. The van der Waals surface area contributed by atoms with Crippen LogP contribution in [0.3, 0.4) is 0 Å². The molecule has 18 heavy (non-hydrogen) atoms. The molecule has 0 N–H and O–H groups in total. The second-order valence-corrected chi connectivity index (χ2v) is 5.34. The van der Waals surface area contributed by atoms with E-state index in [0.717, 1.165) is 6.42 Å². The van der Waals surface area contributed by atoms with Gasteiger partial charge in [-0.15, -0.1) is 11.3 Å². The molecule has 0 aliphatic rings. The van der Waals surface area contributed by atoms with Gasteiger partial charge in [0.25, 0.3) is 5.91 Å². The van der Waals surface area contributed by atoms with Gasteiger partial charge in [-0.2, -0.15) is 0 Å². The Morgan fingerprint density at radius 3 is 3.00 bits per heavy atom. The zero-order chi connectivity index (χ0) is 13.0. The SMILES string of the molecule is CN(CCc1cccs1)C(=O)c1ccnc(Cl)c1. The number of aromatic nitrogens is 1. The molecule has 0 saturated carbocycles. The van der Waals surface area contributed by atoms with Gasteiger partial charge in [0.05, 0.1) is 0 Å². The highest BCUT2D eigenvalue weighted by Crippen LogP contribution is 2.12. The molecule has 2 rings (SSSR count). The lowest BCUT2D eigenvalue weighted by Crippen LogP contribution is -2.28. The summed E-state index contributed by atoms with van der Waals surface area (Å²) >= 11 is 7.48. The minimum atomic E-state index is -0.0316. The third kappa shape index (κ3) is 3.31. The summed E-state index contributed by atoms with van der Waals surface area (Å²) in [5, 5.41) is 2.38. The molecule has 5 heteroatoms. The summed E-state index contributed by atoms with van der Waals surface area (Å²) in [6.07, 6.45) is 2.42. The summed E-state index contributed by atoms with van der Waals surface area (Å²) in [6.45, 7) is 0.694. The smallest absolute Gasteiger partial charge is 0.253 e. The second kappa shape index (κ2) is 5.98. The minimum Gasteiger partial charge on any atom is -0.341 e. The van der Waals surface area contributed by atoms with Crippen molar-refractivity contribution in [1.82, 2.24) is 9.88 Å². The molecular formula is C13H13ClN2OS. The molecule has 0 aliphatic carbocycles. The number of pyridine rings is 1. The van der Waals surface area contributed by atoms with Crippen LogP contribution in [0.4, 0.5) is 0 Å². The highest BCUT2D eigenvalue weighted by molar-refractivity contribution is 7.09. The molecule has 3 nitrogen and oxygen atoms in total. The highest BCUT2D eigenvalue weighted by atomic mass is 35.5. The van der Waals surface area contributed by atoms with Crippen LogP contribution in [0.25, 0.3) is 0 Å². The van der Waals surface area contributed by atoms with Crippen LogP contribution in [-0.2, 0) is 6.42 Å². The molecule has 2 aromatic rings. The Labute approximate surface area is 115 Å². The van der Waals surface area contributed by atoms with E-state index in [2.05, 4.69) is 11.1 Å². The highest BCUT2D eigenvalue weighted by Gasteiger charge is 2.12. The fourth-order valence-electron chi connectivity index (χ4n) is 1.59. The molecule has 0 bridgehead atoms. The molecule has 0 aliphatic heterocycles. The van der Waals surface area contributed by atoms with Gasteiger partial charge in [-0.3, -0.25) is 4.79 Å². The molecule has 0 unspecified atom stereocenters. The van der Waals surface area contributed by atoms with E-state index >= 15 is 0 Å². The molecule has 0 atom stereocenters. The van der Waals surface area contributed by atoms with E-state index in [1.165, 1.54) is 4.88 Å². The van der Waals surface area contributed by atoms with E-state index in [-0.39, 0.29) is 5.91 Å². The molecule has 1 amide bonds. The van der Waals surface area contributed by atoms with Crippen LogP contribution >= 0.6 is 22.9 Å². The van der Waals surface area contributed by atoms with Crippen molar-refractivity contribution >= 4 is 28.8 Å². The number of halogens is 1.